The number of halogens is 1. The highest BCUT2D eigenvalue weighted by molar-refractivity contribution is 5.82. The van der Waals surface area contributed by atoms with Gasteiger partial charge in [-0.3, -0.25) is 9.69 Å². The second-order valence-corrected chi connectivity index (χ2v) is 6.43. The molecule has 1 amide bonds. The van der Waals surface area contributed by atoms with E-state index in [4.69, 9.17) is 0 Å². The van der Waals surface area contributed by atoms with Crippen molar-refractivity contribution in [1.29, 1.82) is 0 Å². The van der Waals surface area contributed by atoms with E-state index < -0.39 is 11.9 Å². The summed E-state index contributed by atoms with van der Waals surface area (Å²) in [6, 6.07) is 15.7. The average Bonchev–Trinajstić information content (AvgIpc) is 3.08. The Labute approximate surface area is 147 Å². The minimum absolute atomic E-state index is 0.0797. The molecule has 0 radical (unpaired) electrons. The summed E-state index contributed by atoms with van der Waals surface area (Å²) in [5.74, 6) is -0.475. The maximum atomic E-state index is 13.2. The Morgan fingerprint density at radius 2 is 2.04 bits per heavy atom. The number of likely N-dealkylation sites (tertiary alicyclic amines) is 1. The van der Waals surface area contributed by atoms with E-state index in [2.05, 4.69) is 22.3 Å². The van der Waals surface area contributed by atoms with Crippen LogP contribution in [0, 0.1) is 5.82 Å². The number of nitrogens with one attached hydrogen (secondary N) is 1. The fourth-order valence-electron chi connectivity index (χ4n) is 3.28. The number of hydrogen-bond donors (Lipinski definition) is 2. The van der Waals surface area contributed by atoms with Crippen LogP contribution in [0.25, 0.3) is 0 Å². The van der Waals surface area contributed by atoms with Crippen molar-refractivity contribution >= 4 is 5.91 Å². The van der Waals surface area contributed by atoms with Gasteiger partial charge >= 0.3 is 0 Å². The van der Waals surface area contributed by atoms with Gasteiger partial charge in [0.05, 0.1) is 12.1 Å². The second kappa shape index (κ2) is 8.23. The summed E-state index contributed by atoms with van der Waals surface area (Å²) in [7, 11) is 0. The molecule has 1 aliphatic heterocycles. The molecule has 4 nitrogen and oxygen atoms in total. The minimum atomic E-state index is -0.913. The van der Waals surface area contributed by atoms with Gasteiger partial charge in [-0.2, -0.15) is 0 Å². The van der Waals surface area contributed by atoms with Crippen molar-refractivity contribution in [2.45, 2.75) is 31.5 Å². The zero-order chi connectivity index (χ0) is 17.6. The Morgan fingerprint density at radius 1 is 1.24 bits per heavy atom. The summed E-state index contributed by atoms with van der Waals surface area (Å²) in [5, 5.41) is 12.9. The van der Waals surface area contributed by atoms with Gasteiger partial charge in [-0.15, -0.1) is 0 Å². The molecule has 5 heteroatoms. The molecule has 0 spiro atoms. The van der Waals surface area contributed by atoms with Gasteiger partial charge in [-0.25, -0.2) is 4.39 Å². The quantitative estimate of drug-likeness (QED) is 0.849. The van der Waals surface area contributed by atoms with E-state index in [0.717, 1.165) is 25.9 Å². The van der Waals surface area contributed by atoms with E-state index in [9.17, 15) is 14.3 Å². The third-order valence-corrected chi connectivity index (χ3v) is 4.60. The summed E-state index contributed by atoms with van der Waals surface area (Å²) in [4.78, 5) is 14.7. The van der Waals surface area contributed by atoms with Gasteiger partial charge in [0, 0.05) is 13.1 Å². The van der Waals surface area contributed by atoms with Crippen LogP contribution in [0.5, 0.6) is 0 Å². The number of hydrogen-bond acceptors (Lipinski definition) is 3. The van der Waals surface area contributed by atoms with Gasteiger partial charge in [0.2, 0.25) is 5.91 Å². The number of benzene rings is 2. The summed E-state index contributed by atoms with van der Waals surface area (Å²) in [6.45, 7) is 1.71. The molecule has 132 valence electrons. The highest BCUT2D eigenvalue weighted by atomic mass is 19.1. The maximum Gasteiger partial charge on any atom is 0.237 e. The molecular formula is C20H23FN2O2. The van der Waals surface area contributed by atoms with Crippen molar-refractivity contribution < 1.29 is 14.3 Å². The molecule has 2 aromatic rings. The van der Waals surface area contributed by atoms with Gasteiger partial charge in [0.25, 0.3) is 0 Å². The van der Waals surface area contributed by atoms with Crippen molar-refractivity contribution in [3.63, 3.8) is 0 Å². The highest BCUT2D eigenvalue weighted by Gasteiger charge is 2.30. The standard InChI is InChI=1S/C20H23FN2O2/c21-17-9-4-8-16(12-17)19(24)13-22-20(25)18-10-5-11-23(18)14-15-6-2-1-3-7-15/h1-4,6-9,12,18-19,24H,5,10-11,13-14H2,(H,22,25). The zero-order valence-electron chi connectivity index (χ0n) is 14.1. The van der Waals surface area contributed by atoms with Crippen LogP contribution in [0.15, 0.2) is 54.6 Å². The number of rotatable bonds is 6. The molecule has 2 N–H and O–H groups in total. The lowest BCUT2D eigenvalue weighted by Crippen LogP contribution is -2.44. The Bertz CT molecular complexity index is 708. The fourth-order valence-corrected chi connectivity index (χ4v) is 3.28. The fraction of sp³-hybridized carbons (Fsp3) is 0.350. The molecule has 2 aromatic carbocycles. The number of nitrogens with zero attached hydrogens (tertiary/aromatic N) is 1. The lowest BCUT2D eigenvalue weighted by Gasteiger charge is -2.24. The van der Waals surface area contributed by atoms with Crippen molar-refractivity contribution in [3.8, 4) is 0 Å². The lowest BCUT2D eigenvalue weighted by atomic mass is 10.1. The summed E-state index contributed by atoms with van der Waals surface area (Å²) in [6.07, 6.45) is 0.884. The Hall–Kier alpha value is -2.24. The maximum absolute atomic E-state index is 13.2. The molecule has 1 fully saturated rings. The number of carbonyl (C=O) groups excluding carboxylic acids is 1. The first kappa shape index (κ1) is 17.6. The molecular weight excluding hydrogens is 319 g/mol. The number of aliphatic hydroxyl groups is 1. The Kier molecular flexibility index (Phi) is 5.79. The van der Waals surface area contributed by atoms with E-state index in [1.54, 1.807) is 12.1 Å². The normalized spacial score (nSPS) is 18.9. The van der Waals surface area contributed by atoms with Crippen LogP contribution in [-0.4, -0.2) is 35.0 Å². The molecule has 3 rings (SSSR count). The van der Waals surface area contributed by atoms with Gasteiger partial charge in [-0.1, -0.05) is 42.5 Å². The van der Waals surface area contributed by atoms with Crippen molar-refractivity contribution in [2.24, 2.45) is 0 Å². The SMILES string of the molecule is O=C(NCC(O)c1cccc(F)c1)C1CCCN1Cc1ccccc1. The second-order valence-electron chi connectivity index (χ2n) is 6.43. The zero-order valence-corrected chi connectivity index (χ0v) is 14.1. The first-order chi connectivity index (χ1) is 12.1. The molecule has 2 unspecified atom stereocenters. The van der Waals surface area contributed by atoms with Crippen molar-refractivity contribution in [3.05, 3.63) is 71.5 Å². The van der Waals surface area contributed by atoms with Crippen LogP contribution < -0.4 is 5.32 Å². The number of aliphatic hydroxyl groups excluding tert-OH is 1. The van der Waals surface area contributed by atoms with Gasteiger partial charge in [0.1, 0.15) is 5.82 Å². The third-order valence-electron chi connectivity index (χ3n) is 4.60. The van der Waals surface area contributed by atoms with E-state index >= 15 is 0 Å². The monoisotopic (exact) mass is 342 g/mol. The largest absolute Gasteiger partial charge is 0.387 e. The van der Waals surface area contributed by atoms with Gasteiger partial charge in [0.15, 0.2) is 0 Å². The smallest absolute Gasteiger partial charge is 0.237 e. The first-order valence-electron chi connectivity index (χ1n) is 8.62. The highest BCUT2D eigenvalue weighted by Crippen LogP contribution is 2.20. The van der Waals surface area contributed by atoms with Crippen LogP contribution >= 0.6 is 0 Å². The van der Waals surface area contributed by atoms with Crippen molar-refractivity contribution in [2.75, 3.05) is 13.1 Å². The first-order valence-corrected chi connectivity index (χ1v) is 8.62. The minimum Gasteiger partial charge on any atom is -0.387 e. The molecule has 0 aromatic heterocycles. The third kappa shape index (κ3) is 4.65. The van der Waals surface area contributed by atoms with Crippen LogP contribution in [0.1, 0.15) is 30.1 Å². The molecule has 0 aliphatic carbocycles. The lowest BCUT2D eigenvalue weighted by molar-refractivity contribution is -0.126. The van der Waals surface area contributed by atoms with Crippen LogP contribution in [0.4, 0.5) is 4.39 Å². The predicted molar refractivity (Wildman–Crippen MR) is 94.2 cm³/mol. The summed E-state index contributed by atoms with van der Waals surface area (Å²) >= 11 is 0. The Balaban J connectivity index is 1.55. The van der Waals surface area contributed by atoms with E-state index in [-0.39, 0.29) is 18.5 Å². The van der Waals surface area contributed by atoms with Crippen LogP contribution in [0.3, 0.4) is 0 Å². The molecule has 0 bridgehead atoms. The predicted octanol–water partition coefficient (Wildman–Crippen LogP) is 2.64. The van der Waals surface area contributed by atoms with Gasteiger partial charge < -0.3 is 10.4 Å². The van der Waals surface area contributed by atoms with E-state index in [1.807, 2.05) is 18.2 Å². The summed E-state index contributed by atoms with van der Waals surface area (Å²) < 4.78 is 13.2. The Morgan fingerprint density at radius 3 is 2.80 bits per heavy atom. The number of carbonyl (C=O) groups is 1. The van der Waals surface area contributed by atoms with Crippen molar-refractivity contribution in [1.82, 2.24) is 10.2 Å². The van der Waals surface area contributed by atoms with E-state index in [0.29, 0.717) is 5.56 Å². The van der Waals surface area contributed by atoms with Gasteiger partial charge in [-0.05, 0) is 42.6 Å². The molecule has 1 saturated heterocycles. The number of amides is 1. The average molecular weight is 342 g/mol. The van der Waals surface area contributed by atoms with E-state index in [1.165, 1.54) is 17.7 Å². The van der Waals surface area contributed by atoms with Crippen LogP contribution in [-0.2, 0) is 11.3 Å². The summed E-state index contributed by atoms with van der Waals surface area (Å²) in [5.41, 5.74) is 1.65. The molecule has 0 saturated carbocycles. The molecule has 2 atom stereocenters. The molecule has 1 heterocycles. The molecule has 1 aliphatic rings. The molecule has 25 heavy (non-hydrogen) atoms. The topological polar surface area (TPSA) is 52.6 Å². The van der Waals surface area contributed by atoms with Crippen LogP contribution in [0.2, 0.25) is 0 Å².